The Hall–Kier alpha value is -3.43. The van der Waals surface area contributed by atoms with Gasteiger partial charge in [-0.05, 0) is 32.2 Å². The summed E-state index contributed by atoms with van der Waals surface area (Å²) in [6.45, 7) is 6.20. The second-order valence-electron chi connectivity index (χ2n) is 8.94. The molecule has 1 aromatic carbocycles. The van der Waals surface area contributed by atoms with Crippen molar-refractivity contribution < 1.29 is 18.8 Å². The summed E-state index contributed by atoms with van der Waals surface area (Å²) in [4.78, 5) is 26.0. The zero-order valence-corrected chi connectivity index (χ0v) is 20.5. The van der Waals surface area contributed by atoms with E-state index in [4.69, 9.17) is 14.5 Å². The first-order valence-corrected chi connectivity index (χ1v) is 11.5. The molecular weight excluding hydrogens is 432 g/mol. The Balaban J connectivity index is 1.55. The fourth-order valence-corrected chi connectivity index (χ4v) is 4.19. The van der Waals surface area contributed by atoms with Crippen molar-refractivity contribution in [1.29, 1.82) is 0 Å². The van der Waals surface area contributed by atoms with Crippen LogP contribution in [-0.2, 0) is 9.53 Å². The number of piperazine rings is 1. The predicted molar refractivity (Wildman–Crippen MR) is 133 cm³/mol. The van der Waals surface area contributed by atoms with Crippen LogP contribution in [0.4, 0.5) is 17.3 Å². The van der Waals surface area contributed by atoms with Gasteiger partial charge in [0.15, 0.2) is 5.70 Å². The van der Waals surface area contributed by atoms with Gasteiger partial charge < -0.3 is 24.6 Å². The van der Waals surface area contributed by atoms with Gasteiger partial charge in [0.25, 0.3) is 0 Å². The molecule has 9 heteroatoms. The fourth-order valence-electron chi connectivity index (χ4n) is 4.19. The summed E-state index contributed by atoms with van der Waals surface area (Å²) in [7, 11) is 7.80. The Morgan fingerprint density at radius 3 is 2.65 bits per heavy atom. The maximum Gasteiger partial charge on any atom is 0.343 e. The van der Waals surface area contributed by atoms with Crippen LogP contribution in [0.5, 0.6) is 5.75 Å². The fraction of sp³-hybridized carbons (Fsp3) is 0.400. The highest BCUT2D eigenvalue weighted by atomic mass is 16.5. The van der Waals surface area contributed by atoms with Crippen LogP contribution >= 0.6 is 0 Å². The van der Waals surface area contributed by atoms with Crippen LogP contribution in [0.3, 0.4) is 0 Å². The molecule has 34 heavy (non-hydrogen) atoms. The normalized spacial score (nSPS) is 17.7. The summed E-state index contributed by atoms with van der Waals surface area (Å²) >= 11 is 0. The largest absolute Gasteiger partial charge is 0.494 e. The molecule has 0 spiro atoms. The van der Waals surface area contributed by atoms with Gasteiger partial charge in [0.1, 0.15) is 23.2 Å². The standard InChI is InChI=1S/C25H33N6O3/c1-6-34-24(32)18-15-22(31(3,4)17-18)20-9-10-26-25(27-20)28-21-8-7-19(16-23(21)33-5)30-13-11-29(2)12-14-30/h7-10,15-17H,6,11-14H2,1-5H3,(H,26,27,28)/q+1. The zero-order chi connectivity index (χ0) is 24.3. The quantitative estimate of drug-likeness (QED) is 0.494. The predicted octanol–water partition coefficient (Wildman–Crippen LogP) is 2.86. The van der Waals surface area contributed by atoms with Gasteiger partial charge >= 0.3 is 5.97 Å². The van der Waals surface area contributed by atoms with Crippen LogP contribution in [0.2, 0.25) is 0 Å². The summed E-state index contributed by atoms with van der Waals surface area (Å²) in [5, 5.41) is 3.29. The van der Waals surface area contributed by atoms with E-state index >= 15 is 0 Å². The molecule has 1 fully saturated rings. The minimum atomic E-state index is -0.332. The second-order valence-corrected chi connectivity index (χ2v) is 8.94. The van der Waals surface area contributed by atoms with E-state index in [9.17, 15) is 4.79 Å². The number of anilines is 3. The molecule has 1 aromatic heterocycles. The minimum absolute atomic E-state index is 0.332. The average Bonchev–Trinajstić information content (AvgIpc) is 3.15. The number of carbonyl (C=O) groups excluding carboxylic acids is 1. The summed E-state index contributed by atoms with van der Waals surface area (Å²) in [6, 6.07) is 7.98. The van der Waals surface area contributed by atoms with Crippen molar-refractivity contribution in [2.45, 2.75) is 6.92 Å². The number of quaternary nitrogens is 1. The van der Waals surface area contributed by atoms with Gasteiger partial charge in [-0.15, -0.1) is 0 Å². The molecule has 0 aliphatic carbocycles. The molecule has 1 N–H and O–H groups in total. The number of nitrogens with zero attached hydrogens (tertiary/aromatic N) is 5. The molecule has 0 amide bonds. The van der Waals surface area contributed by atoms with Crippen LogP contribution in [-0.4, -0.2) is 86.4 Å². The SMILES string of the molecule is CCOC(=O)C1=C[N+](C)(C)C(c2ccnc(Nc3ccc(N4CCN(C)CC4)cc3OC)n2)=C1. The highest BCUT2D eigenvalue weighted by Gasteiger charge is 2.33. The Morgan fingerprint density at radius 1 is 1.18 bits per heavy atom. The molecule has 1 saturated heterocycles. The highest BCUT2D eigenvalue weighted by molar-refractivity contribution is 5.94. The maximum absolute atomic E-state index is 12.2. The summed E-state index contributed by atoms with van der Waals surface area (Å²) in [5.41, 5.74) is 4.06. The number of likely N-dealkylation sites (N-methyl/N-ethyl adjacent to an activating group) is 1. The van der Waals surface area contributed by atoms with Gasteiger partial charge in [-0.25, -0.2) is 14.8 Å². The van der Waals surface area contributed by atoms with Gasteiger partial charge in [-0.3, -0.25) is 4.48 Å². The van der Waals surface area contributed by atoms with Crippen molar-refractivity contribution in [3.05, 3.63) is 54.0 Å². The Labute approximate surface area is 200 Å². The molecule has 0 radical (unpaired) electrons. The molecule has 2 aliphatic rings. The van der Waals surface area contributed by atoms with E-state index in [1.807, 2.05) is 44.6 Å². The molecule has 9 nitrogen and oxygen atoms in total. The topological polar surface area (TPSA) is 79.8 Å². The van der Waals surface area contributed by atoms with Gasteiger partial charge in [-0.2, -0.15) is 0 Å². The first kappa shape index (κ1) is 23.7. The Morgan fingerprint density at radius 2 is 1.94 bits per heavy atom. The number of ether oxygens (including phenoxy) is 2. The van der Waals surface area contributed by atoms with E-state index in [2.05, 4.69) is 33.2 Å². The monoisotopic (exact) mass is 465 g/mol. The average molecular weight is 466 g/mol. The molecule has 4 rings (SSSR count). The van der Waals surface area contributed by atoms with Gasteiger partial charge in [0.05, 0.1) is 33.5 Å². The number of methoxy groups -OCH3 is 1. The molecule has 2 aromatic rings. The van der Waals surface area contributed by atoms with Crippen molar-refractivity contribution in [2.75, 3.05) is 71.3 Å². The number of rotatable bonds is 7. The summed E-state index contributed by atoms with van der Waals surface area (Å²) < 4.78 is 11.2. The van der Waals surface area contributed by atoms with Crippen molar-refractivity contribution >= 4 is 29.0 Å². The third kappa shape index (κ3) is 5.05. The van der Waals surface area contributed by atoms with Crippen molar-refractivity contribution in [2.24, 2.45) is 0 Å². The number of carbonyl (C=O) groups is 1. The first-order valence-electron chi connectivity index (χ1n) is 11.5. The molecule has 0 saturated carbocycles. The van der Waals surface area contributed by atoms with Gasteiger partial charge in [-0.1, -0.05) is 0 Å². The maximum atomic E-state index is 12.2. The Bertz CT molecular complexity index is 1120. The highest BCUT2D eigenvalue weighted by Crippen LogP contribution is 2.34. The van der Waals surface area contributed by atoms with Crippen LogP contribution in [0.1, 0.15) is 12.6 Å². The number of hydrogen-bond acceptors (Lipinski definition) is 8. The smallest absolute Gasteiger partial charge is 0.343 e. The van der Waals surface area contributed by atoms with Crippen molar-refractivity contribution in [3.63, 3.8) is 0 Å². The number of aromatic nitrogens is 2. The van der Waals surface area contributed by atoms with Gasteiger partial charge in [0.2, 0.25) is 5.95 Å². The van der Waals surface area contributed by atoms with Crippen LogP contribution < -0.4 is 15.0 Å². The van der Waals surface area contributed by atoms with E-state index < -0.39 is 0 Å². The number of benzene rings is 1. The van der Waals surface area contributed by atoms with E-state index in [1.54, 1.807) is 20.2 Å². The third-order valence-electron chi connectivity index (χ3n) is 6.10. The van der Waals surface area contributed by atoms with E-state index in [1.165, 1.54) is 0 Å². The lowest BCUT2D eigenvalue weighted by Gasteiger charge is -2.34. The van der Waals surface area contributed by atoms with Crippen LogP contribution in [0.25, 0.3) is 5.70 Å². The lowest BCUT2D eigenvalue weighted by molar-refractivity contribution is -0.760. The summed E-state index contributed by atoms with van der Waals surface area (Å²) in [5.74, 6) is 0.850. The molecule has 180 valence electrons. The van der Waals surface area contributed by atoms with E-state index in [-0.39, 0.29) is 5.97 Å². The zero-order valence-electron chi connectivity index (χ0n) is 20.5. The first-order chi connectivity index (χ1) is 16.3. The van der Waals surface area contributed by atoms with Crippen LogP contribution in [0, 0.1) is 0 Å². The van der Waals surface area contributed by atoms with E-state index in [0.29, 0.717) is 22.6 Å². The molecule has 2 aliphatic heterocycles. The van der Waals surface area contributed by atoms with Crippen molar-refractivity contribution in [3.8, 4) is 5.75 Å². The minimum Gasteiger partial charge on any atom is -0.494 e. The Kier molecular flexibility index (Phi) is 6.85. The molecular formula is C25H33N6O3+. The molecule has 3 heterocycles. The lowest BCUT2D eigenvalue weighted by atomic mass is 10.2. The van der Waals surface area contributed by atoms with E-state index in [0.717, 1.165) is 54.7 Å². The third-order valence-corrected chi connectivity index (χ3v) is 6.10. The van der Waals surface area contributed by atoms with Crippen LogP contribution in [0.15, 0.2) is 48.3 Å². The molecule has 0 atom stereocenters. The number of nitrogens with one attached hydrogen (secondary N) is 1. The summed E-state index contributed by atoms with van der Waals surface area (Å²) in [6.07, 6.45) is 5.40. The number of hydrogen-bond donors (Lipinski definition) is 1. The molecule has 0 bridgehead atoms. The number of esters is 1. The van der Waals surface area contributed by atoms with Gasteiger partial charge in [0, 0.05) is 50.2 Å². The lowest BCUT2D eigenvalue weighted by Crippen LogP contribution is -2.44. The van der Waals surface area contributed by atoms with Crippen molar-refractivity contribution in [1.82, 2.24) is 14.9 Å². The molecule has 0 unspecified atom stereocenters. The second kappa shape index (κ2) is 9.82.